The zero-order valence-corrected chi connectivity index (χ0v) is 15.9. The Morgan fingerprint density at radius 1 is 1.12 bits per heavy atom. The molecule has 1 N–H and O–H groups in total. The minimum atomic E-state index is -0.695. The molecule has 138 valence electrons. The Bertz CT molecular complexity index is 737. The Morgan fingerprint density at radius 3 is 2.58 bits per heavy atom. The summed E-state index contributed by atoms with van der Waals surface area (Å²) in [5.41, 5.74) is 4.50. The van der Waals surface area contributed by atoms with E-state index in [0.717, 1.165) is 36.8 Å². The number of nitrogens with one attached hydrogen (secondary N) is 1. The summed E-state index contributed by atoms with van der Waals surface area (Å²) in [5, 5.41) is 0.532. The molecule has 2 unspecified atom stereocenters. The summed E-state index contributed by atoms with van der Waals surface area (Å²) in [6.45, 7) is 1.64. The Hall–Kier alpha value is -1.94. The van der Waals surface area contributed by atoms with E-state index < -0.39 is 18.0 Å². The van der Waals surface area contributed by atoms with E-state index in [1.54, 1.807) is 6.92 Å². The summed E-state index contributed by atoms with van der Waals surface area (Å²) >= 11 is 0. The number of ether oxygens (including phenoxy) is 1. The molecule has 0 radical (unpaired) electrons. The minimum Gasteiger partial charge on any atom is -0.388 e. The number of hydroxylamine groups is 1. The van der Waals surface area contributed by atoms with Crippen LogP contribution in [0.3, 0.4) is 0 Å². The number of rotatable bonds is 6. The Morgan fingerprint density at radius 2 is 1.85 bits per heavy atom. The van der Waals surface area contributed by atoms with Gasteiger partial charge in [0.15, 0.2) is 0 Å². The standard InChI is InChI=1S/C20H24NO4P/c1-14(21-25-16-10-6-3-7-11-16)19(22)24-20(23)18-17(12-13-26-18)15-8-4-2-5-9-15/h2,4-5,8-9,12-14,16,21,26H,3,6-7,10-11H2,1H3. The monoisotopic (exact) mass is 373 g/mol. The zero-order chi connectivity index (χ0) is 18.4. The first-order valence-electron chi connectivity index (χ1n) is 9.05. The fourth-order valence-electron chi connectivity index (χ4n) is 3.06. The van der Waals surface area contributed by atoms with Crippen LogP contribution < -0.4 is 5.48 Å². The summed E-state index contributed by atoms with van der Waals surface area (Å²) in [4.78, 5) is 30.2. The number of esters is 2. The van der Waals surface area contributed by atoms with Gasteiger partial charge in [-0.2, -0.15) is 5.48 Å². The van der Waals surface area contributed by atoms with Crippen LogP contribution in [-0.2, 0) is 14.4 Å². The van der Waals surface area contributed by atoms with Crippen molar-refractivity contribution in [2.24, 2.45) is 0 Å². The van der Waals surface area contributed by atoms with Gasteiger partial charge < -0.3 is 4.74 Å². The second-order valence-electron chi connectivity index (χ2n) is 6.56. The zero-order valence-electron chi connectivity index (χ0n) is 14.9. The predicted octanol–water partition coefficient (Wildman–Crippen LogP) is 4.31. The highest BCUT2D eigenvalue weighted by molar-refractivity contribution is 7.32. The van der Waals surface area contributed by atoms with Gasteiger partial charge >= 0.3 is 11.9 Å². The van der Waals surface area contributed by atoms with Crippen LogP contribution in [0.25, 0.3) is 11.1 Å². The molecule has 0 amide bonds. The lowest BCUT2D eigenvalue weighted by Gasteiger charge is -2.23. The highest BCUT2D eigenvalue weighted by Gasteiger charge is 2.23. The van der Waals surface area contributed by atoms with Crippen molar-refractivity contribution in [3.05, 3.63) is 47.5 Å². The van der Waals surface area contributed by atoms with Crippen LogP contribution >= 0.6 is 8.19 Å². The smallest absolute Gasteiger partial charge is 0.350 e. The molecule has 1 aliphatic rings. The quantitative estimate of drug-likeness (QED) is 0.464. The highest BCUT2D eigenvalue weighted by Crippen LogP contribution is 2.31. The lowest BCUT2D eigenvalue weighted by Crippen LogP contribution is -2.39. The van der Waals surface area contributed by atoms with E-state index >= 15 is 0 Å². The first kappa shape index (κ1) is 18.8. The van der Waals surface area contributed by atoms with E-state index in [4.69, 9.17) is 9.57 Å². The predicted molar refractivity (Wildman–Crippen MR) is 102 cm³/mol. The number of benzene rings is 1. The van der Waals surface area contributed by atoms with Crippen molar-refractivity contribution in [1.29, 1.82) is 0 Å². The summed E-state index contributed by atoms with van der Waals surface area (Å²) in [6, 6.07) is 10.8. The molecule has 2 atom stereocenters. The largest absolute Gasteiger partial charge is 0.388 e. The first-order valence-corrected chi connectivity index (χ1v) is 10.1. The van der Waals surface area contributed by atoms with E-state index in [-0.39, 0.29) is 14.3 Å². The number of hydrogen-bond acceptors (Lipinski definition) is 5. The third kappa shape index (κ3) is 4.82. The molecule has 0 spiro atoms. The second-order valence-corrected chi connectivity index (χ2v) is 7.68. The molecule has 1 saturated carbocycles. The maximum absolute atomic E-state index is 12.4. The van der Waals surface area contributed by atoms with Crippen molar-refractivity contribution >= 4 is 20.1 Å². The van der Waals surface area contributed by atoms with Crippen LogP contribution in [0.4, 0.5) is 0 Å². The molecule has 0 aliphatic heterocycles. The molecule has 5 nitrogen and oxygen atoms in total. The summed E-state index contributed by atoms with van der Waals surface area (Å²) in [6.07, 6.45) is 5.64. The normalized spacial score (nSPS) is 16.5. The minimum absolute atomic E-state index is 0.127. The fourth-order valence-corrected chi connectivity index (χ4v) is 4.03. The molecule has 1 aliphatic carbocycles. The maximum atomic E-state index is 12.4. The van der Waals surface area contributed by atoms with Crippen molar-refractivity contribution in [3.8, 4) is 11.1 Å². The van der Waals surface area contributed by atoms with Gasteiger partial charge in [-0.15, -0.1) is 8.19 Å². The summed E-state index contributed by atoms with van der Waals surface area (Å²) in [5.74, 6) is 0.725. The Balaban J connectivity index is 1.56. The molecular formula is C20H24NO4P. The van der Waals surface area contributed by atoms with Gasteiger partial charge in [-0.05, 0) is 37.2 Å². The molecule has 0 saturated heterocycles. The van der Waals surface area contributed by atoms with Crippen LogP contribution in [0.1, 0.15) is 49.1 Å². The van der Waals surface area contributed by atoms with Gasteiger partial charge in [0.1, 0.15) is 6.04 Å². The number of carbonyl (C=O) groups excluding carboxylic acids is 2. The van der Waals surface area contributed by atoms with Crippen LogP contribution in [0, 0.1) is 0 Å². The molecule has 26 heavy (non-hydrogen) atoms. The molecule has 1 fully saturated rings. The number of hydrogen-bond donors (Lipinski definition) is 1. The summed E-state index contributed by atoms with van der Waals surface area (Å²) < 4.78 is 5.08. The van der Waals surface area contributed by atoms with Crippen molar-refractivity contribution in [2.45, 2.75) is 51.2 Å². The van der Waals surface area contributed by atoms with Gasteiger partial charge in [0, 0.05) is 5.56 Å². The lowest BCUT2D eigenvalue weighted by atomic mass is 9.98. The van der Waals surface area contributed by atoms with Crippen molar-refractivity contribution in [2.75, 3.05) is 0 Å². The van der Waals surface area contributed by atoms with E-state index in [2.05, 4.69) is 5.48 Å². The fraction of sp³-hybridized carbons (Fsp3) is 0.400. The molecule has 1 aromatic heterocycles. The molecule has 1 aromatic carbocycles. The molecule has 1 heterocycles. The summed E-state index contributed by atoms with van der Waals surface area (Å²) in [7, 11) is 0.204. The van der Waals surface area contributed by atoms with E-state index in [1.165, 1.54) is 6.42 Å². The molecule has 6 heteroatoms. The van der Waals surface area contributed by atoms with E-state index in [9.17, 15) is 9.59 Å². The van der Waals surface area contributed by atoms with Crippen molar-refractivity contribution in [3.63, 3.8) is 0 Å². The van der Waals surface area contributed by atoms with Crippen LogP contribution in [0.5, 0.6) is 0 Å². The second kappa shape index (κ2) is 9.13. The van der Waals surface area contributed by atoms with Crippen LogP contribution in [0.2, 0.25) is 0 Å². The van der Waals surface area contributed by atoms with Gasteiger partial charge in [0.05, 0.1) is 11.4 Å². The van der Waals surface area contributed by atoms with Gasteiger partial charge in [-0.25, -0.2) is 9.59 Å². The van der Waals surface area contributed by atoms with Crippen LogP contribution in [0.15, 0.2) is 42.2 Å². The van der Waals surface area contributed by atoms with Gasteiger partial charge in [-0.1, -0.05) is 49.6 Å². The third-order valence-electron chi connectivity index (χ3n) is 4.55. The van der Waals surface area contributed by atoms with Crippen LogP contribution in [-0.4, -0.2) is 24.1 Å². The number of carbonyl (C=O) groups is 2. The molecular weight excluding hydrogens is 349 g/mol. The average molecular weight is 373 g/mol. The molecule has 3 rings (SSSR count). The molecule has 0 bridgehead atoms. The van der Waals surface area contributed by atoms with Crippen molar-refractivity contribution < 1.29 is 19.2 Å². The average Bonchev–Trinajstić information content (AvgIpc) is 3.17. The van der Waals surface area contributed by atoms with Gasteiger partial charge in [-0.3, -0.25) is 4.84 Å². The first-order chi connectivity index (χ1) is 12.6. The highest BCUT2D eigenvalue weighted by atomic mass is 31.0. The van der Waals surface area contributed by atoms with Gasteiger partial charge in [0.25, 0.3) is 0 Å². The third-order valence-corrected chi connectivity index (χ3v) is 5.64. The van der Waals surface area contributed by atoms with E-state index in [0.29, 0.717) is 5.30 Å². The Labute approximate surface area is 155 Å². The van der Waals surface area contributed by atoms with Gasteiger partial charge in [0.2, 0.25) is 0 Å². The molecule has 2 aromatic rings. The topological polar surface area (TPSA) is 64.6 Å². The van der Waals surface area contributed by atoms with Crippen molar-refractivity contribution in [1.82, 2.24) is 5.48 Å². The maximum Gasteiger partial charge on any atom is 0.350 e. The SMILES string of the molecule is CC(NOC1CCCCC1)C(=O)OC(=O)c1[pH]ccc1-c1ccccc1. The lowest BCUT2D eigenvalue weighted by molar-refractivity contribution is -0.147. The Kier molecular flexibility index (Phi) is 6.62. The van der Waals surface area contributed by atoms with E-state index in [1.807, 2.05) is 42.2 Å².